The monoisotopic (exact) mass is 711 g/mol. The van der Waals surface area contributed by atoms with Crippen LogP contribution in [0.5, 0.6) is 0 Å². The summed E-state index contributed by atoms with van der Waals surface area (Å²) in [5.41, 5.74) is 16.2. The molecule has 10 aromatic rings. The number of nitrogens with zero attached hydrogens (tertiary/aromatic N) is 3. The highest BCUT2D eigenvalue weighted by atomic mass is 16.3. The number of aromatic nitrogens is 3. The van der Waals surface area contributed by atoms with E-state index in [0.29, 0.717) is 12.0 Å². The number of rotatable bonds is 2. The Kier molecular flexibility index (Phi) is 6.18. The number of allylic oxidation sites excluding steroid dienone is 2. The summed E-state index contributed by atoms with van der Waals surface area (Å²) in [4.78, 5) is 0. The van der Waals surface area contributed by atoms with E-state index in [1.807, 2.05) is 0 Å². The number of pyridine rings is 2. The smallest absolute Gasteiger partial charge is 0.218 e. The Morgan fingerprint density at radius 1 is 0.673 bits per heavy atom. The average Bonchev–Trinajstić information content (AvgIpc) is 3.86. The Labute approximate surface area is 319 Å². The van der Waals surface area contributed by atoms with Gasteiger partial charge in [-0.15, -0.1) is 0 Å². The molecule has 4 nitrogen and oxygen atoms in total. The first-order valence-electron chi connectivity index (χ1n) is 19.7. The topological polar surface area (TPSA) is 25.3 Å². The lowest BCUT2D eigenvalue weighted by Gasteiger charge is -2.32. The van der Waals surface area contributed by atoms with Crippen LogP contribution in [0.25, 0.3) is 88.2 Å². The van der Waals surface area contributed by atoms with E-state index in [4.69, 9.17) is 4.42 Å². The fraction of sp³-hybridized carbons (Fsp3) is 0.176. The molecule has 0 fully saturated rings. The molecule has 1 aliphatic carbocycles. The van der Waals surface area contributed by atoms with E-state index in [-0.39, 0.29) is 5.41 Å². The van der Waals surface area contributed by atoms with Crippen molar-refractivity contribution in [3.63, 3.8) is 0 Å². The minimum Gasteiger partial charge on any atom is -0.456 e. The first-order valence-corrected chi connectivity index (χ1v) is 19.7. The van der Waals surface area contributed by atoms with Gasteiger partial charge >= 0.3 is 0 Å². The number of aryl methyl sites for hydroxylation is 1. The van der Waals surface area contributed by atoms with Crippen molar-refractivity contribution in [1.82, 2.24) is 4.40 Å². The third kappa shape index (κ3) is 4.17. The summed E-state index contributed by atoms with van der Waals surface area (Å²) in [6.07, 6.45) is 9.04. The number of furan rings is 1. The Bertz CT molecular complexity index is 3280. The van der Waals surface area contributed by atoms with Gasteiger partial charge in [-0.05, 0) is 78.4 Å². The molecule has 4 heteroatoms. The van der Waals surface area contributed by atoms with Crippen molar-refractivity contribution in [2.75, 3.05) is 0 Å². The summed E-state index contributed by atoms with van der Waals surface area (Å²) in [7, 11) is 0. The predicted octanol–water partition coefficient (Wildman–Crippen LogP) is 12.2. The summed E-state index contributed by atoms with van der Waals surface area (Å²) in [6, 6.07) is 45.4. The maximum absolute atomic E-state index is 6.74. The molecule has 0 spiro atoms. The Balaban J connectivity index is 1.07. The average molecular weight is 712 g/mol. The lowest BCUT2D eigenvalue weighted by molar-refractivity contribution is -0.720. The SMILES string of the molecule is Cc1cc2c(cc1-c1cccc[n+]1C1=CCC3c4ccccc4-c4cccc[n+]4C3C1)c1cccc3c4cc(C(C)(C)C)c5oc6ccccc6c5c4n2c13. The van der Waals surface area contributed by atoms with Gasteiger partial charge < -0.3 is 8.82 Å². The van der Waals surface area contributed by atoms with Gasteiger partial charge in [-0.25, -0.2) is 0 Å². The molecule has 264 valence electrons. The maximum atomic E-state index is 6.74. The Hall–Kier alpha value is -6.26. The molecule has 0 radical (unpaired) electrons. The van der Waals surface area contributed by atoms with E-state index < -0.39 is 0 Å². The molecule has 55 heavy (non-hydrogen) atoms. The molecule has 1 aliphatic heterocycles. The van der Waals surface area contributed by atoms with Gasteiger partial charge in [0.15, 0.2) is 24.1 Å². The zero-order chi connectivity index (χ0) is 36.7. The Morgan fingerprint density at radius 3 is 2.29 bits per heavy atom. The van der Waals surface area contributed by atoms with Gasteiger partial charge in [0.1, 0.15) is 11.2 Å². The van der Waals surface area contributed by atoms with Crippen molar-refractivity contribution in [3.8, 4) is 22.5 Å². The van der Waals surface area contributed by atoms with Crippen LogP contribution in [0.2, 0.25) is 0 Å². The quantitative estimate of drug-likeness (QED) is 0.164. The predicted molar refractivity (Wildman–Crippen MR) is 225 cm³/mol. The Morgan fingerprint density at radius 2 is 1.42 bits per heavy atom. The van der Waals surface area contributed by atoms with Crippen LogP contribution >= 0.6 is 0 Å². The van der Waals surface area contributed by atoms with Crippen molar-refractivity contribution >= 4 is 65.7 Å². The third-order valence-electron chi connectivity index (χ3n) is 12.9. The van der Waals surface area contributed by atoms with E-state index >= 15 is 0 Å². The molecule has 0 bridgehead atoms. The maximum Gasteiger partial charge on any atom is 0.218 e. The summed E-state index contributed by atoms with van der Waals surface area (Å²) in [6.45, 7) is 9.16. The van der Waals surface area contributed by atoms with Gasteiger partial charge in [0.05, 0.1) is 39.8 Å². The van der Waals surface area contributed by atoms with Crippen LogP contribution in [0.1, 0.15) is 62.3 Å². The van der Waals surface area contributed by atoms with Gasteiger partial charge in [0.2, 0.25) is 11.4 Å². The minimum atomic E-state index is -0.0802. The molecular weight excluding hydrogens is 671 g/mol. The van der Waals surface area contributed by atoms with Crippen molar-refractivity contribution in [3.05, 3.63) is 156 Å². The second kappa shape index (κ2) is 10.9. The second-order valence-corrected chi connectivity index (χ2v) is 16.9. The molecule has 0 saturated heterocycles. The zero-order valence-corrected chi connectivity index (χ0v) is 31.6. The fourth-order valence-electron chi connectivity index (χ4n) is 10.4. The van der Waals surface area contributed by atoms with Crippen LogP contribution < -0.4 is 9.13 Å². The molecule has 2 aliphatic rings. The van der Waals surface area contributed by atoms with E-state index in [2.05, 4.69) is 181 Å². The van der Waals surface area contributed by atoms with Crippen LogP contribution in [-0.2, 0) is 5.41 Å². The summed E-state index contributed by atoms with van der Waals surface area (Å²) in [5.74, 6) is 0.456. The van der Waals surface area contributed by atoms with E-state index in [1.165, 1.54) is 93.8 Å². The third-order valence-corrected chi connectivity index (χ3v) is 12.9. The van der Waals surface area contributed by atoms with Gasteiger partial charge in [0.25, 0.3) is 0 Å². The van der Waals surface area contributed by atoms with Gasteiger partial charge in [-0.2, -0.15) is 9.13 Å². The van der Waals surface area contributed by atoms with Crippen LogP contribution in [-0.4, -0.2) is 4.40 Å². The molecule has 0 N–H and O–H groups in total. The van der Waals surface area contributed by atoms with E-state index in [9.17, 15) is 0 Å². The molecule has 0 amide bonds. The first-order chi connectivity index (χ1) is 26.8. The number of para-hydroxylation sites is 2. The van der Waals surface area contributed by atoms with Crippen molar-refractivity contribution in [2.24, 2.45) is 0 Å². The molecule has 2 unspecified atom stereocenters. The second-order valence-electron chi connectivity index (χ2n) is 16.9. The van der Waals surface area contributed by atoms with E-state index in [1.54, 1.807) is 0 Å². The number of hydrogen-bond donors (Lipinski definition) is 0. The van der Waals surface area contributed by atoms with Crippen LogP contribution in [0, 0.1) is 6.92 Å². The van der Waals surface area contributed by atoms with Crippen molar-refractivity contribution in [2.45, 2.75) is 57.9 Å². The molecule has 5 aromatic heterocycles. The first kappa shape index (κ1) is 31.1. The fourth-order valence-corrected chi connectivity index (χ4v) is 10.4. The highest BCUT2D eigenvalue weighted by Gasteiger charge is 2.44. The molecule has 5 aromatic carbocycles. The molecule has 12 rings (SSSR count). The highest BCUT2D eigenvalue weighted by molar-refractivity contribution is 6.30. The summed E-state index contributed by atoms with van der Waals surface area (Å²) >= 11 is 0. The molecule has 6 heterocycles. The van der Waals surface area contributed by atoms with Crippen molar-refractivity contribution < 1.29 is 13.6 Å². The van der Waals surface area contributed by atoms with Crippen LogP contribution in [0.4, 0.5) is 0 Å². The standard InChI is InChI=1S/C51H41N3O/c1-30-26-45-39(35-17-13-18-36-40-29-41(51(2,3)4)50-47(49(40)54(45)48(35)36)37-16-7-8-21-46(37)55-50)28-38(30)43-20-9-11-24-52(43)31-22-23-34-32-14-5-6-15-33(32)42-19-10-12-25-53(42)44(34)27-31/h5-22,24-26,28-29,34,44H,23,27H2,1-4H3/q+2. The minimum absolute atomic E-state index is 0.0802. The lowest BCUT2D eigenvalue weighted by atomic mass is 9.76. The number of hydrogen-bond acceptors (Lipinski definition) is 1. The largest absolute Gasteiger partial charge is 0.456 e. The van der Waals surface area contributed by atoms with Crippen molar-refractivity contribution in [1.29, 1.82) is 0 Å². The number of fused-ring (bicyclic) bond motifs is 16. The lowest BCUT2D eigenvalue weighted by Crippen LogP contribution is -2.50. The van der Waals surface area contributed by atoms with Gasteiger partial charge in [-0.3, -0.25) is 0 Å². The van der Waals surface area contributed by atoms with E-state index in [0.717, 1.165) is 24.0 Å². The normalized spacial score (nSPS) is 17.1. The van der Waals surface area contributed by atoms with Gasteiger partial charge in [0, 0.05) is 62.3 Å². The molecular formula is C51H41N3O+2. The summed E-state index contributed by atoms with van der Waals surface area (Å²) < 4.78 is 14.3. The number of benzene rings is 5. The van der Waals surface area contributed by atoms with Gasteiger partial charge in [-0.1, -0.05) is 75.4 Å². The highest BCUT2D eigenvalue weighted by Crippen LogP contribution is 2.49. The molecule has 0 saturated carbocycles. The molecule has 2 atom stereocenters. The van der Waals surface area contributed by atoms with Crippen LogP contribution in [0.15, 0.2) is 144 Å². The summed E-state index contributed by atoms with van der Waals surface area (Å²) in [5, 5.41) is 7.55. The zero-order valence-electron chi connectivity index (χ0n) is 31.6. The van der Waals surface area contributed by atoms with Crippen LogP contribution in [0.3, 0.4) is 0 Å².